The van der Waals surface area contributed by atoms with Crippen LogP contribution in [0.5, 0.6) is 0 Å². The van der Waals surface area contributed by atoms with Crippen LogP contribution in [0.1, 0.15) is 43.7 Å². The number of likely N-dealkylation sites (tertiary alicyclic amines) is 2. The molecule has 0 bridgehead atoms. The third kappa shape index (κ3) is 3.66. The summed E-state index contributed by atoms with van der Waals surface area (Å²) in [5, 5.41) is 0. The van der Waals surface area contributed by atoms with E-state index < -0.39 is 0 Å². The van der Waals surface area contributed by atoms with E-state index in [1.54, 1.807) is 70.5 Å². The molecule has 32 heavy (non-hydrogen) atoms. The molecule has 2 fully saturated rings. The monoisotopic (exact) mass is 432 g/mol. The van der Waals surface area contributed by atoms with E-state index in [9.17, 15) is 18.4 Å². The van der Waals surface area contributed by atoms with E-state index in [0.717, 1.165) is 0 Å². The van der Waals surface area contributed by atoms with Gasteiger partial charge in [-0.05, 0) is 47.5 Å². The molecule has 3 aromatic rings. The molecule has 0 atom stereocenters. The number of halogens is 2. The van der Waals surface area contributed by atoms with Crippen molar-refractivity contribution in [3.8, 4) is 0 Å². The van der Waals surface area contributed by atoms with Crippen molar-refractivity contribution in [2.45, 2.75) is 11.8 Å². The summed E-state index contributed by atoms with van der Waals surface area (Å²) in [6.45, 7) is 1.91. The number of benzene rings is 3. The average Bonchev–Trinajstić information content (AvgIpc) is 2.74. The largest absolute Gasteiger partial charge is 0.337 e. The molecular formula is C26H22F2N2O2. The predicted octanol–water partition coefficient (Wildman–Crippen LogP) is 4.44. The van der Waals surface area contributed by atoms with Gasteiger partial charge in [-0.3, -0.25) is 9.59 Å². The molecular weight excluding hydrogens is 410 g/mol. The second-order valence-electron chi connectivity index (χ2n) is 8.43. The quantitative estimate of drug-likeness (QED) is 0.612. The van der Waals surface area contributed by atoms with Crippen molar-refractivity contribution in [1.29, 1.82) is 0 Å². The smallest absolute Gasteiger partial charge is 0.253 e. The highest BCUT2D eigenvalue weighted by Gasteiger charge is 2.35. The molecule has 0 spiro atoms. The SMILES string of the molecule is O=C(c1ccc(C(=O)N2CC(c3ccccc3F)C2)cc1)N1CC(c2ccccc2F)C1. The highest BCUT2D eigenvalue weighted by molar-refractivity contribution is 5.98. The lowest BCUT2D eigenvalue weighted by molar-refractivity contribution is 0.0588. The van der Waals surface area contributed by atoms with Gasteiger partial charge >= 0.3 is 0 Å². The number of nitrogens with zero attached hydrogens (tertiary/aromatic N) is 2. The van der Waals surface area contributed by atoms with E-state index >= 15 is 0 Å². The van der Waals surface area contributed by atoms with E-state index in [1.165, 1.54) is 12.1 Å². The predicted molar refractivity (Wildman–Crippen MR) is 117 cm³/mol. The molecule has 2 heterocycles. The van der Waals surface area contributed by atoms with E-state index in [2.05, 4.69) is 0 Å². The molecule has 3 aromatic carbocycles. The van der Waals surface area contributed by atoms with Gasteiger partial charge in [0.05, 0.1) is 0 Å². The average molecular weight is 432 g/mol. The van der Waals surface area contributed by atoms with Crippen LogP contribution in [0.3, 0.4) is 0 Å². The van der Waals surface area contributed by atoms with E-state index in [1.807, 2.05) is 0 Å². The van der Waals surface area contributed by atoms with Crippen LogP contribution in [0.2, 0.25) is 0 Å². The van der Waals surface area contributed by atoms with Gasteiger partial charge in [0.25, 0.3) is 11.8 Å². The van der Waals surface area contributed by atoms with Gasteiger partial charge in [-0.25, -0.2) is 8.78 Å². The van der Waals surface area contributed by atoms with Crippen molar-refractivity contribution < 1.29 is 18.4 Å². The Bertz CT molecular complexity index is 1070. The number of carbonyl (C=O) groups excluding carboxylic acids is 2. The van der Waals surface area contributed by atoms with Crippen molar-refractivity contribution in [2.75, 3.05) is 26.2 Å². The Kier molecular flexibility index (Phi) is 5.21. The van der Waals surface area contributed by atoms with Gasteiger partial charge in [0.1, 0.15) is 11.6 Å². The number of carbonyl (C=O) groups is 2. The first-order valence-electron chi connectivity index (χ1n) is 10.7. The lowest BCUT2D eigenvalue weighted by atomic mass is 9.90. The number of amides is 2. The van der Waals surface area contributed by atoms with Crippen LogP contribution in [-0.2, 0) is 0 Å². The van der Waals surface area contributed by atoms with Crippen LogP contribution in [0.25, 0.3) is 0 Å². The van der Waals surface area contributed by atoms with Crippen molar-refractivity contribution in [2.24, 2.45) is 0 Å². The lowest BCUT2D eigenvalue weighted by Crippen LogP contribution is -2.49. The molecule has 0 saturated carbocycles. The van der Waals surface area contributed by atoms with Gasteiger partial charge in [0.15, 0.2) is 0 Å². The molecule has 5 rings (SSSR count). The van der Waals surface area contributed by atoms with Gasteiger partial charge < -0.3 is 9.80 Å². The summed E-state index contributed by atoms with van der Waals surface area (Å²) >= 11 is 0. The van der Waals surface area contributed by atoms with E-state index in [-0.39, 0.29) is 35.3 Å². The maximum absolute atomic E-state index is 13.9. The summed E-state index contributed by atoms with van der Waals surface area (Å²) in [6, 6.07) is 19.9. The first-order chi connectivity index (χ1) is 15.5. The fourth-order valence-electron chi connectivity index (χ4n) is 4.42. The number of hydrogen-bond donors (Lipinski definition) is 0. The molecule has 162 valence electrons. The minimum absolute atomic E-state index is 0.00909. The number of hydrogen-bond acceptors (Lipinski definition) is 2. The topological polar surface area (TPSA) is 40.6 Å². The third-order valence-electron chi connectivity index (χ3n) is 6.41. The van der Waals surface area contributed by atoms with Gasteiger partial charge in [-0.2, -0.15) is 0 Å². The molecule has 0 aliphatic carbocycles. The van der Waals surface area contributed by atoms with Crippen LogP contribution in [0.4, 0.5) is 8.78 Å². The lowest BCUT2D eigenvalue weighted by Gasteiger charge is -2.40. The van der Waals surface area contributed by atoms with Crippen LogP contribution >= 0.6 is 0 Å². The molecule has 0 N–H and O–H groups in total. The molecule has 4 nitrogen and oxygen atoms in total. The Balaban J connectivity index is 1.17. The van der Waals surface area contributed by atoms with Crippen molar-refractivity contribution in [3.05, 3.63) is 107 Å². The third-order valence-corrected chi connectivity index (χ3v) is 6.41. The van der Waals surface area contributed by atoms with Crippen molar-refractivity contribution in [1.82, 2.24) is 9.80 Å². The van der Waals surface area contributed by atoms with Gasteiger partial charge in [0.2, 0.25) is 0 Å². The first-order valence-corrected chi connectivity index (χ1v) is 10.7. The summed E-state index contributed by atoms with van der Waals surface area (Å²) in [4.78, 5) is 28.8. The minimum atomic E-state index is -0.240. The molecule has 0 radical (unpaired) electrons. The highest BCUT2D eigenvalue weighted by atomic mass is 19.1. The maximum Gasteiger partial charge on any atom is 0.253 e. The standard InChI is InChI=1S/C26H22F2N2O2/c27-23-7-3-1-5-21(23)19-13-29(14-19)25(31)17-9-11-18(12-10-17)26(32)30-15-20(16-30)22-6-2-4-8-24(22)28/h1-12,19-20H,13-16H2. The Morgan fingerprint density at radius 1 is 0.594 bits per heavy atom. The molecule has 0 aromatic heterocycles. The van der Waals surface area contributed by atoms with Crippen LogP contribution in [-0.4, -0.2) is 47.8 Å². The van der Waals surface area contributed by atoms with Gasteiger partial charge in [-0.1, -0.05) is 36.4 Å². The summed E-state index contributed by atoms with van der Waals surface area (Å²) < 4.78 is 27.8. The zero-order valence-corrected chi connectivity index (χ0v) is 17.4. The highest BCUT2D eigenvalue weighted by Crippen LogP contribution is 2.31. The molecule has 2 aliphatic heterocycles. The van der Waals surface area contributed by atoms with E-state index in [4.69, 9.17) is 0 Å². The van der Waals surface area contributed by atoms with Crippen molar-refractivity contribution in [3.63, 3.8) is 0 Å². The Morgan fingerprint density at radius 2 is 0.938 bits per heavy atom. The second kappa shape index (κ2) is 8.19. The van der Waals surface area contributed by atoms with Crippen molar-refractivity contribution >= 4 is 11.8 Å². The Labute approximate surface area is 185 Å². The van der Waals surface area contributed by atoms with Crippen LogP contribution < -0.4 is 0 Å². The van der Waals surface area contributed by atoms with Crippen LogP contribution in [0.15, 0.2) is 72.8 Å². The summed E-state index contributed by atoms with van der Waals surface area (Å²) in [7, 11) is 0. The molecule has 2 aliphatic rings. The Morgan fingerprint density at radius 3 is 1.28 bits per heavy atom. The zero-order chi connectivity index (χ0) is 22.2. The normalized spacial score (nSPS) is 16.4. The summed E-state index contributed by atoms with van der Waals surface area (Å²) in [5.74, 6) is -0.712. The summed E-state index contributed by atoms with van der Waals surface area (Å²) in [5.41, 5.74) is 2.28. The first kappa shape index (κ1) is 20.4. The summed E-state index contributed by atoms with van der Waals surface area (Å²) in [6.07, 6.45) is 0. The van der Waals surface area contributed by atoms with E-state index in [0.29, 0.717) is 48.4 Å². The maximum atomic E-state index is 13.9. The number of rotatable bonds is 4. The fraction of sp³-hybridized carbons (Fsp3) is 0.231. The Hall–Kier alpha value is -3.54. The minimum Gasteiger partial charge on any atom is -0.337 e. The molecule has 6 heteroatoms. The van der Waals surface area contributed by atoms with Crippen LogP contribution in [0, 0.1) is 11.6 Å². The van der Waals surface area contributed by atoms with Gasteiger partial charge in [0, 0.05) is 49.1 Å². The molecule has 2 amide bonds. The molecule has 0 unspecified atom stereocenters. The van der Waals surface area contributed by atoms with Gasteiger partial charge in [-0.15, -0.1) is 0 Å². The fourth-order valence-corrected chi connectivity index (χ4v) is 4.42. The molecule has 2 saturated heterocycles. The zero-order valence-electron chi connectivity index (χ0n) is 17.4. The second-order valence-corrected chi connectivity index (χ2v) is 8.43.